The molecule has 20 heavy (non-hydrogen) atoms. The summed E-state index contributed by atoms with van der Waals surface area (Å²) in [5.74, 6) is 0. The molecule has 0 aliphatic heterocycles. The van der Waals surface area contributed by atoms with Gasteiger partial charge in [-0.15, -0.1) is 0 Å². The number of sulfonamides is 1. The fourth-order valence-corrected chi connectivity index (χ4v) is 3.55. The Morgan fingerprint density at radius 1 is 1.00 bits per heavy atom. The van der Waals surface area contributed by atoms with E-state index in [0.717, 1.165) is 10.0 Å². The van der Waals surface area contributed by atoms with E-state index < -0.39 is 10.0 Å². The lowest BCUT2D eigenvalue weighted by Crippen LogP contribution is -2.29. The summed E-state index contributed by atoms with van der Waals surface area (Å²) in [5, 5.41) is 0. The molecule has 0 aliphatic carbocycles. The first kappa shape index (κ1) is 15.2. The first-order valence-electron chi connectivity index (χ1n) is 6.26. The van der Waals surface area contributed by atoms with Crippen molar-refractivity contribution in [3.63, 3.8) is 0 Å². The molecule has 2 rings (SSSR count). The molecule has 0 aliphatic rings. The van der Waals surface area contributed by atoms with Crippen molar-refractivity contribution in [2.45, 2.75) is 11.3 Å². The molecule has 0 N–H and O–H groups in total. The molecule has 5 heteroatoms. The molecule has 0 unspecified atom stereocenters. The normalized spacial score (nSPS) is 11.8. The standard InChI is InChI=1S/C15H16BrNO2S/c1-17(12-11-13-7-5-6-10-15(13)16)20(18,19)14-8-3-2-4-9-14/h2-10H,11-12H2,1H3. The summed E-state index contributed by atoms with van der Waals surface area (Å²) in [7, 11) is -1.79. The number of likely N-dealkylation sites (N-methyl/N-ethyl adjacent to an activating group) is 1. The van der Waals surface area contributed by atoms with Gasteiger partial charge in [0.25, 0.3) is 0 Å². The predicted octanol–water partition coefficient (Wildman–Crippen LogP) is 3.31. The Labute approximate surface area is 128 Å². The lowest BCUT2D eigenvalue weighted by molar-refractivity contribution is 0.472. The summed E-state index contributed by atoms with van der Waals surface area (Å²) in [6, 6.07) is 16.3. The zero-order valence-corrected chi connectivity index (χ0v) is 13.6. The Bertz CT molecular complexity index is 671. The number of rotatable bonds is 5. The predicted molar refractivity (Wildman–Crippen MR) is 84.1 cm³/mol. The average Bonchev–Trinajstić information content (AvgIpc) is 2.47. The van der Waals surface area contributed by atoms with E-state index in [1.165, 1.54) is 4.31 Å². The summed E-state index contributed by atoms with van der Waals surface area (Å²) in [6.45, 7) is 0.444. The van der Waals surface area contributed by atoms with E-state index in [9.17, 15) is 8.42 Å². The molecule has 3 nitrogen and oxygen atoms in total. The van der Waals surface area contributed by atoms with Crippen molar-refractivity contribution < 1.29 is 8.42 Å². The van der Waals surface area contributed by atoms with Crippen molar-refractivity contribution in [1.82, 2.24) is 4.31 Å². The third-order valence-electron chi connectivity index (χ3n) is 3.11. The van der Waals surface area contributed by atoms with Gasteiger partial charge >= 0.3 is 0 Å². The molecule has 0 heterocycles. The molecule has 106 valence electrons. The number of hydrogen-bond donors (Lipinski definition) is 0. The van der Waals surface area contributed by atoms with Crippen LogP contribution in [0, 0.1) is 0 Å². The van der Waals surface area contributed by atoms with Crippen LogP contribution in [0.3, 0.4) is 0 Å². The minimum Gasteiger partial charge on any atom is -0.207 e. The van der Waals surface area contributed by atoms with Gasteiger partial charge in [0.05, 0.1) is 4.90 Å². The molecule has 0 fully saturated rings. The maximum Gasteiger partial charge on any atom is 0.242 e. The van der Waals surface area contributed by atoms with Crippen LogP contribution in [-0.4, -0.2) is 26.3 Å². The monoisotopic (exact) mass is 353 g/mol. The number of hydrogen-bond acceptors (Lipinski definition) is 2. The van der Waals surface area contributed by atoms with Crippen LogP contribution in [0.1, 0.15) is 5.56 Å². The maximum absolute atomic E-state index is 12.4. The second-order valence-electron chi connectivity index (χ2n) is 4.48. The van der Waals surface area contributed by atoms with Gasteiger partial charge < -0.3 is 0 Å². The lowest BCUT2D eigenvalue weighted by atomic mass is 10.1. The van der Waals surface area contributed by atoms with E-state index in [1.54, 1.807) is 37.4 Å². The first-order chi connectivity index (χ1) is 9.51. The largest absolute Gasteiger partial charge is 0.242 e. The molecule has 2 aromatic rings. The number of halogens is 1. The van der Waals surface area contributed by atoms with E-state index >= 15 is 0 Å². The molecule has 0 saturated heterocycles. The second kappa shape index (κ2) is 6.52. The molecular formula is C15H16BrNO2S. The molecule has 2 aromatic carbocycles. The number of nitrogens with zero attached hydrogens (tertiary/aromatic N) is 1. The Morgan fingerprint density at radius 2 is 1.60 bits per heavy atom. The van der Waals surface area contributed by atoms with E-state index in [-0.39, 0.29) is 0 Å². The molecule has 0 spiro atoms. The van der Waals surface area contributed by atoms with Gasteiger partial charge in [-0.3, -0.25) is 0 Å². The summed E-state index contributed by atoms with van der Waals surface area (Å²) < 4.78 is 27.1. The highest BCUT2D eigenvalue weighted by Crippen LogP contribution is 2.18. The van der Waals surface area contributed by atoms with Crippen molar-refractivity contribution in [2.24, 2.45) is 0 Å². The van der Waals surface area contributed by atoms with E-state index in [4.69, 9.17) is 0 Å². The maximum atomic E-state index is 12.4. The highest BCUT2D eigenvalue weighted by atomic mass is 79.9. The smallest absolute Gasteiger partial charge is 0.207 e. The van der Waals surface area contributed by atoms with Gasteiger partial charge in [-0.1, -0.05) is 52.3 Å². The molecule has 0 saturated carbocycles. The minimum atomic E-state index is -3.40. The van der Waals surface area contributed by atoms with Crippen LogP contribution in [-0.2, 0) is 16.4 Å². The molecular weight excluding hydrogens is 338 g/mol. The zero-order valence-electron chi connectivity index (χ0n) is 11.2. The molecule has 0 amide bonds. The average molecular weight is 354 g/mol. The van der Waals surface area contributed by atoms with Gasteiger partial charge in [0.15, 0.2) is 0 Å². The van der Waals surface area contributed by atoms with Crippen LogP contribution in [0.15, 0.2) is 64.0 Å². The van der Waals surface area contributed by atoms with Crippen LogP contribution in [0.5, 0.6) is 0 Å². The SMILES string of the molecule is CN(CCc1ccccc1Br)S(=O)(=O)c1ccccc1. The van der Waals surface area contributed by atoms with Crippen molar-refractivity contribution in [3.8, 4) is 0 Å². The minimum absolute atomic E-state index is 0.328. The van der Waals surface area contributed by atoms with Crippen molar-refractivity contribution in [3.05, 3.63) is 64.6 Å². The number of benzene rings is 2. The highest BCUT2D eigenvalue weighted by Gasteiger charge is 2.19. The van der Waals surface area contributed by atoms with Crippen LogP contribution in [0.2, 0.25) is 0 Å². The highest BCUT2D eigenvalue weighted by molar-refractivity contribution is 9.10. The Hall–Kier alpha value is -1.17. The molecule has 0 radical (unpaired) electrons. The van der Waals surface area contributed by atoms with Gasteiger partial charge in [-0.25, -0.2) is 12.7 Å². The topological polar surface area (TPSA) is 37.4 Å². The summed E-state index contributed by atoms with van der Waals surface area (Å²) in [4.78, 5) is 0.328. The molecule has 0 aromatic heterocycles. The first-order valence-corrected chi connectivity index (χ1v) is 8.50. The molecule has 0 atom stereocenters. The van der Waals surface area contributed by atoms with Crippen LogP contribution < -0.4 is 0 Å². The third kappa shape index (κ3) is 3.48. The fraction of sp³-hybridized carbons (Fsp3) is 0.200. The summed E-state index contributed by atoms with van der Waals surface area (Å²) in [5.41, 5.74) is 1.10. The van der Waals surface area contributed by atoms with Gasteiger partial charge in [-0.2, -0.15) is 0 Å². The van der Waals surface area contributed by atoms with Gasteiger partial charge in [0, 0.05) is 18.1 Å². The van der Waals surface area contributed by atoms with E-state index in [1.807, 2.05) is 24.3 Å². The molecule has 0 bridgehead atoms. The van der Waals surface area contributed by atoms with E-state index in [2.05, 4.69) is 15.9 Å². The summed E-state index contributed by atoms with van der Waals surface area (Å²) >= 11 is 3.47. The van der Waals surface area contributed by atoms with Crippen LogP contribution in [0.4, 0.5) is 0 Å². The van der Waals surface area contributed by atoms with Gasteiger partial charge in [0.2, 0.25) is 10.0 Å². The fourth-order valence-electron chi connectivity index (χ4n) is 1.87. The van der Waals surface area contributed by atoms with Crippen LogP contribution >= 0.6 is 15.9 Å². The Balaban J connectivity index is 2.09. The van der Waals surface area contributed by atoms with E-state index in [0.29, 0.717) is 17.9 Å². The van der Waals surface area contributed by atoms with Crippen molar-refractivity contribution in [2.75, 3.05) is 13.6 Å². The quantitative estimate of drug-likeness (QED) is 0.826. The van der Waals surface area contributed by atoms with Crippen LogP contribution in [0.25, 0.3) is 0 Å². The second-order valence-corrected chi connectivity index (χ2v) is 7.38. The van der Waals surface area contributed by atoms with Crippen molar-refractivity contribution in [1.29, 1.82) is 0 Å². The van der Waals surface area contributed by atoms with Crippen molar-refractivity contribution >= 4 is 26.0 Å². The Morgan fingerprint density at radius 3 is 2.25 bits per heavy atom. The lowest BCUT2D eigenvalue weighted by Gasteiger charge is -2.17. The third-order valence-corrected chi connectivity index (χ3v) is 5.75. The Kier molecular flexibility index (Phi) is 4.96. The summed E-state index contributed by atoms with van der Waals surface area (Å²) in [6.07, 6.45) is 0.671. The van der Waals surface area contributed by atoms with Gasteiger partial charge in [-0.05, 0) is 30.2 Å². The van der Waals surface area contributed by atoms with Gasteiger partial charge in [0.1, 0.15) is 0 Å². The zero-order chi connectivity index (χ0) is 14.6.